The van der Waals surface area contributed by atoms with Crippen LogP contribution in [0.15, 0.2) is 29.1 Å². The third-order valence-electron chi connectivity index (χ3n) is 2.27. The number of aliphatic hydroxyl groups is 1. The Morgan fingerprint density at radius 3 is 2.86 bits per heavy atom. The van der Waals surface area contributed by atoms with Gasteiger partial charge in [0.05, 0.1) is 18.2 Å². The van der Waals surface area contributed by atoms with Gasteiger partial charge in [0.1, 0.15) is 6.10 Å². The summed E-state index contributed by atoms with van der Waals surface area (Å²) in [5.41, 5.74) is 2.39. The molecule has 0 aliphatic rings. The zero-order chi connectivity index (χ0) is 10.1. The minimum atomic E-state index is -0.700. The first kappa shape index (κ1) is 9.02. The van der Waals surface area contributed by atoms with E-state index < -0.39 is 6.10 Å². The second-order valence-corrected chi connectivity index (χ2v) is 3.29. The third kappa shape index (κ3) is 1.44. The van der Waals surface area contributed by atoms with Gasteiger partial charge in [0.15, 0.2) is 0 Å². The zero-order valence-corrected chi connectivity index (χ0v) is 8.14. The molecular formula is C10H12N2O2. The first-order chi connectivity index (χ1) is 6.68. The summed E-state index contributed by atoms with van der Waals surface area (Å²) in [4.78, 5) is 0. The maximum atomic E-state index is 9.88. The Balaban J connectivity index is 2.32. The lowest BCUT2D eigenvalue weighted by Gasteiger charge is -2.02. The highest BCUT2D eigenvalue weighted by Gasteiger charge is 2.15. The summed E-state index contributed by atoms with van der Waals surface area (Å²) >= 11 is 0. The average molecular weight is 192 g/mol. The number of hydrogen-bond donors (Lipinski definition) is 1. The Bertz CT molecular complexity index is 398. The minimum absolute atomic E-state index is 0.645. The van der Waals surface area contributed by atoms with Crippen molar-refractivity contribution in [3.8, 4) is 0 Å². The summed E-state index contributed by atoms with van der Waals surface area (Å²) in [6, 6.07) is 3.59. The summed E-state index contributed by atoms with van der Waals surface area (Å²) in [5.74, 6) is 0. The van der Waals surface area contributed by atoms with E-state index >= 15 is 0 Å². The fourth-order valence-corrected chi connectivity index (χ4v) is 1.32. The molecule has 0 saturated carbocycles. The van der Waals surface area contributed by atoms with Crippen molar-refractivity contribution in [2.75, 3.05) is 0 Å². The van der Waals surface area contributed by atoms with E-state index in [1.165, 1.54) is 12.5 Å². The van der Waals surface area contributed by atoms with Gasteiger partial charge in [-0.3, -0.25) is 4.68 Å². The molecule has 0 aliphatic carbocycles. The van der Waals surface area contributed by atoms with Gasteiger partial charge < -0.3 is 9.52 Å². The SMILES string of the molecule is Cc1cc(C(O)c2ccoc2)nn1C. The van der Waals surface area contributed by atoms with Crippen LogP contribution in [-0.4, -0.2) is 14.9 Å². The van der Waals surface area contributed by atoms with Gasteiger partial charge in [-0.15, -0.1) is 0 Å². The fourth-order valence-electron chi connectivity index (χ4n) is 1.32. The molecule has 0 aliphatic heterocycles. The van der Waals surface area contributed by atoms with Gasteiger partial charge in [0.25, 0.3) is 0 Å². The van der Waals surface area contributed by atoms with Crippen molar-refractivity contribution in [3.05, 3.63) is 41.6 Å². The van der Waals surface area contributed by atoms with E-state index in [-0.39, 0.29) is 0 Å². The molecule has 1 atom stereocenters. The zero-order valence-electron chi connectivity index (χ0n) is 8.14. The fraction of sp³-hybridized carbons (Fsp3) is 0.300. The Morgan fingerprint density at radius 2 is 2.36 bits per heavy atom. The molecule has 74 valence electrons. The first-order valence-electron chi connectivity index (χ1n) is 4.39. The molecule has 1 N–H and O–H groups in total. The van der Waals surface area contributed by atoms with Crippen molar-refractivity contribution < 1.29 is 9.52 Å². The summed E-state index contributed by atoms with van der Waals surface area (Å²) in [7, 11) is 1.85. The molecule has 0 amide bonds. The van der Waals surface area contributed by atoms with E-state index in [2.05, 4.69) is 5.10 Å². The Hall–Kier alpha value is -1.55. The summed E-state index contributed by atoms with van der Waals surface area (Å²) < 4.78 is 6.63. The number of nitrogens with zero attached hydrogens (tertiary/aromatic N) is 2. The molecule has 2 heterocycles. The molecule has 0 saturated heterocycles. The Kier molecular flexibility index (Phi) is 2.13. The van der Waals surface area contributed by atoms with E-state index in [1.807, 2.05) is 20.0 Å². The van der Waals surface area contributed by atoms with Gasteiger partial charge in [-0.25, -0.2) is 0 Å². The van der Waals surface area contributed by atoms with Crippen molar-refractivity contribution in [3.63, 3.8) is 0 Å². The lowest BCUT2D eigenvalue weighted by Crippen LogP contribution is -2.00. The number of hydrogen-bond acceptors (Lipinski definition) is 3. The second-order valence-electron chi connectivity index (χ2n) is 3.29. The molecule has 0 aromatic carbocycles. The summed E-state index contributed by atoms with van der Waals surface area (Å²) in [6.45, 7) is 1.94. The highest BCUT2D eigenvalue weighted by atomic mass is 16.3. The van der Waals surface area contributed by atoms with Crippen LogP contribution in [0.4, 0.5) is 0 Å². The molecule has 1 unspecified atom stereocenters. The van der Waals surface area contributed by atoms with Gasteiger partial charge in [-0.2, -0.15) is 5.10 Å². The van der Waals surface area contributed by atoms with Crippen molar-refractivity contribution in [1.82, 2.24) is 9.78 Å². The van der Waals surface area contributed by atoms with Crippen LogP contribution in [0, 0.1) is 6.92 Å². The highest BCUT2D eigenvalue weighted by Crippen LogP contribution is 2.21. The monoisotopic (exact) mass is 192 g/mol. The standard InChI is InChI=1S/C10H12N2O2/c1-7-5-9(11-12(7)2)10(13)8-3-4-14-6-8/h3-6,10,13H,1-2H3. The molecule has 2 aromatic rings. The van der Waals surface area contributed by atoms with Crippen LogP contribution in [0.1, 0.15) is 23.1 Å². The minimum Gasteiger partial charge on any atom is -0.472 e. The Morgan fingerprint density at radius 1 is 1.57 bits per heavy atom. The quantitative estimate of drug-likeness (QED) is 0.782. The molecule has 4 heteroatoms. The average Bonchev–Trinajstić information content (AvgIpc) is 2.76. The maximum absolute atomic E-state index is 9.88. The normalized spacial score (nSPS) is 13.1. The van der Waals surface area contributed by atoms with Crippen molar-refractivity contribution in [1.29, 1.82) is 0 Å². The molecular weight excluding hydrogens is 180 g/mol. The molecule has 14 heavy (non-hydrogen) atoms. The number of aliphatic hydroxyl groups excluding tert-OH is 1. The van der Waals surface area contributed by atoms with Crippen molar-refractivity contribution >= 4 is 0 Å². The van der Waals surface area contributed by atoms with Gasteiger partial charge in [-0.05, 0) is 19.1 Å². The van der Waals surface area contributed by atoms with E-state index in [4.69, 9.17) is 4.42 Å². The van der Waals surface area contributed by atoms with Crippen LogP contribution in [0.5, 0.6) is 0 Å². The summed E-state index contributed by atoms with van der Waals surface area (Å²) in [5, 5.41) is 14.1. The number of aromatic nitrogens is 2. The topological polar surface area (TPSA) is 51.2 Å². The molecule has 0 radical (unpaired) electrons. The first-order valence-corrected chi connectivity index (χ1v) is 4.39. The van der Waals surface area contributed by atoms with Crippen LogP contribution >= 0.6 is 0 Å². The van der Waals surface area contributed by atoms with E-state index in [0.717, 1.165) is 11.3 Å². The maximum Gasteiger partial charge on any atom is 0.126 e. The van der Waals surface area contributed by atoms with Crippen LogP contribution in [0.2, 0.25) is 0 Å². The van der Waals surface area contributed by atoms with Gasteiger partial charge in [0, 0.05) is 18.3 Å². The number of aryl methyl sites for hydroxylation is 2. The largest absolute Gasteiger partial charge is 0.472 e. The Labute approximate surface area is 81.8 Å². The van der Waals surface area contributed by atoms with Crippen LogP contribution in [-0.2, 0) is 7.05 Å². The molecule has 4 nitrogen and oxygen atoms in total. The number of rotatable bonds is 2. The lowest BCUT2D eigenvalue weighted by atomic mass is 10.1. The van der Waals surface area contributed by atoms with E-state index in [0.29, 0.717) is 5.69 Å². The molecule has 2 rings (SSSR count). The highest BCUT2D eigenvalue weighted by molar-refractivity contribution is 5.22. The molecule has 2 aromatic heterocycles. The van der Waals surface area contributed by atoms with Crippen LogP contribution in [0.3, 0.4) is 0 Å². The summed E-state index contributed by atoms with van der Waals surface area (Å²) in [6.07, 6.45) is 2.36. The van der Waals surface area contributed by atoms with Crippen molar-refractivity contribution in [2.45, 2.75) is 13.0 Å². The van der Waals surface area contributed by atoms with Gasteiger partial charge in [0.2, 0.25) is 0 Å². The van der Waals surface area contributed by atoms with Crippen LogP contribution in [0.25, 0.3) is 0 Å². The number of furan rings is 1. The van der Waals surface area contributed by atoms with Crippen LogP contribution < -0.4 is 0 Å². The van der Waals surface area contributed by atoms with Gasteiger partial charge in [-0.1, -0.05) is 0 Å². The van der Waals surface area contributed by atoms with E-state index in [9.17, 15) is 5.11 Å². The van der Waals surface area contributed by atoms with Crippen molar-refractivity contribution in [2.24, 2.45) is 7.05 Å². The smallest absolute Gasteiger partial charge is 0.126 e. The van der Waals surface area contributed by atoms with Gasteiger partial charge >= 0.3 is 0 Å². The predicted molar refractivity (Wildman–Crippen MR) is 50.7 cm³/mol. The lowest BCUT2D eigenvalue weighted by molar-refractivity contribution is 0.213. The molecule has 0 fully saturated rings. The second kappa shape index (κ2) is 3.31. The van der Waals surface area contributed by atoms with E-state index in [1.54, 1.807) is 10.7 Å². The third-order valence-corrected chi connectivity index (χ3v) is 2.27. The predicted octanol–water partition coefficient (Wildman–Crippen LogP) is 1.40. The molecule has 0 bridgehead atoms. The molecule has 0 spiro atoms.